The molecule has 1 atom stereocenters. The molecular formula is C22H23F3N4O2S. The molecular weight excluding hydrogens is 441 g/mol. The largest absolute Gasteiger partial charge is 0.483 e. The molecule has 6 nitrogen and oxygen atoms in total. The second-order valence-electron chi connectivity index (χ2n) is 7.08. The monoisotopic (exact) mass is 464 g/mol. The molecule has 1 heterocycles. The molecule has 3 rings (SSSR count). The zero-order valence-corrected chi connectivity index (χ0v) is 18.6. The first-order valence-electron chi connectivity index (χ1n) is 9.93. The second kappa shape index (κ2) is 10.1. The molecule has 170 valence electrons. The van der Waals surface area contributed by atoms with E-state index in [1.807, 2.05) is 49.6 Å². The van der Waals surface area contributed by atoms with Crippen LogP contribution in [0.25, 0.3) is 0 Å². The van der Waals surface area contributed by atoms with Gasteiger partial charge in [-0.2, -0.15) is 13.2 Å². The van der Waals surface area contributed by atoms with E-state index in [4.69, 9.17) is 4.74 Å². The number of amides is 1. The van der Waals surface area contributed by atoms with Crippen molar-refractivity contribution in [1.29, 1.82) is 0 Å². The summed E-state index contributed by atoms with van der Waals surface area (Å²) in [4.78, 5) is 12.3. The summed E-state index contributed by atoms with van der Waals surface area (Å²) < 4.78 is 46.3. The van der Waals surface area contributed by atoms with Crippen LogP contribution in [0.3, 0.4) is 0 Å². The van der Waals surface area contributed by atoms with Crippen molar-refractivity contribution < 1.29 is 22.7 Å². The average molecular weight is 465 g/mol. The first-order chi connectivity index (χ1) is 15.2. The van der Waals surface area contributed by atoms with E-state index in [-0.39, 0.29) is 17.5 Å². The molecule has 1 unspecified atom stereocenters. The first-order valence-corrected chi connectivity index (χ1v) is 10.9. The number of benzene rings is 2. The van der Waals surface area contributed by atoms with Crippen molar-refractivity contribution in [2.45, 2.75) is 44.8 Å². The van der Waals surface area contributed by atoms with Crippen LogP contribution in [0.1, 0.15) is 36.9 Å². The molecule has 0 aliphatic carbocycles. The van der Waals surface area contributed by atoms with Gasteiger partial charge in [0.2, 0.25) is 5.91 Å². The van der Waals surface area contributed by atoms with Gasteiger partial charge in [0.05, 0.1) is 11.3 Å². The van der Waals surface area contributed by atoms with E-state index in [0.29, 0.717) is 17.5 Å². The molecule has 0 saturated heterocycles. The number of anilines is 1. The lowest BCUT2D eigenvalue weighted by atomic mass is 10.2. The predicted molar refractivity (Wildman–Crippen MR) is 117 cm³/mol. The van der Waals surface area contributed by atoms with Crippen molar-refractivity contribution in [3.05, 3.63) is 65.5 Å². The number of nitrogens with one attached hydrogen (secondary N) is 1. The molecule has 3 aromatic rings. The van der Waals surface area contributed by atoms with E-state index in [9.17, 15) is 18.0 Å². The van der Waals surface area contributed by atoms with Crippen molar-refractivity contribution in [3.8, 4) is 5.75 Å². The fourth-order valence-electron chi connectivity index (χ4n) is 3.05. The van der Waals surface area contributed by atoms with Gasteiger partial charge in [-0.25, -0.2) is 0 Å². The maximum atomic E-state index is 12.8. The molecule has 2 aromatic carbocycles. The number of ether oxygens (including phenoxy) is 1. The highest BCUT2D eigenvalue weighted by Crippen LogP contribution is 2.31. The van der Waals surface area contributed by atoms with Crippen molar-refractivity contribution in [3.63, 3.8) is 0 Å². The summed E-state index contributed by atoms with van der Waals surface area (Å²) in [5.74, 6) is 0.875. The van der Waals surface area contributed by atoms with Crippen LogP contribution in [-0.4, -0.2) is 26.4 Å². The number of nitrogens with zero attached hydrogens (tertiary/aromatic N) is 3. The Morgan fingerprint density at radius 1 is 1.19 bits per heavy atom. The summed E-state index contributed by atoms with van der Waals surface area (Å²) in [6.45, 7) is 6.35. The van der Waals surface area contributed by atoms with E-state index in [1.54, 1.807) is 0 Å². The maximum absolute atomic E-state index is 12.8. The molecule has 0 bridgehead atoms. The number of thioether (sulfide) groups is 1. The van der Waals surface area contributed by atoms with Crippen LogP contribution in [0.5, 0.6) is 5.75 Å². The third kappa shape index (κ3) is 6.03. The Bertz CT molecular complexity index is 1090. The molecule has 1 amide bonds. The number of carbonyl (C=O) groups excluding carboxylic acids is 1. The lowest BCUT2D eigenvalue weighted by Gasteiger charge is -2.16. The van der Waals surface area contributed by atoms with Gasteiger partial charge < -0.3 is 14.6 Å². The minimum absolute atomic E-state index is 0.0263. The number of aryl methyl sites for hydroxylation is 1. The Morgan fingerprint density at radius 3 is 2.62 bits per heavy atom. The Labute approximate surface area is 188 Å². The summed E-state index contributed by atoms with van der Waals surface area (Å²) in [6, 6.07) is 12.2. The maximum Gasteiger partial charge on any atom is 0.416 e. The van der Waals surface area contributed by atoms with Crippen LogP contribution in [0.2, 0.25) is 0 Å². The molecule has 0 aliphatic heterocycles. The summed E-state index contributed by atoms with van der Waals surface area (Å²) in [5.41, 5.74) is 0.346. The van der Waals surface area contributed by atoms with Gasteiger partial charge in [-0.1, -0.05) is 30.0 Å². The highest BCUT2D eigenvalue weighted by Gasteiger charge is 2.30. The van der Waals surface area contributed by atoms with Crippen molar-refractivity contribution in [2.24, 2.45) is 0 Å². The van der Waals surface area contributed by atoms with E-state index in [1.165, 1.54) is 12.1 Å². The zero-order chi connectivity index (χ0) is 23.3. The SMILES string of the molecule is CCn1c(SCC(=O)Nc2cccc(C(F)(F)F)c2)nnc1C(C)Oc1cccc(C)c1. The van der Waals surface area contributed by atoms with Gasteiger partial charge in [0.15, 0.2) is 17.1 Å². The lowest BCUT2D eigenvalue weighted by molar-refractivity contribution is -0.137. The van der Waals surface area contributed by atoms with Crippen LogP contribution >= 0.6 is 11.8 Å². The minimum atomic E-state index is -4.47. The number of alkyl halides is 3. The van der Waals surface area contributed by atoms with Gasteiger partial charge in [0.1, 0.15) is 5.75 Å². The van der Waals surface area contributed by atoms with Gasteiger partial charge in [-0.3, -0.25) is 4.79 Å². The number of hydrogen-bond donors (Lipinski definition) is 1. The average Bonchev–Trinajstić information content (AvgIpc) is 3.15. The van der Waals surface area contributed by atoms with Crippen LogP contribution in [0, 0.1) is 6.92 Å². The smallest absolute Gasteiger partial charge is 0.416 e. The topological polar surface area (TPSA) is 69.0 Å². The fourth-order valence-corrected chi connectivity index (χ4v) is 3.86. The number of hydrogen-bond acceptors (Lipinski definition) is 5. The first kappa shape index (κ1) is 23.6. The predicted octanol–water partition coefficient (Wildman–Crippen LogP) is 5.50. The van der Waals surface area contributed by atoms with E-state index < -0.39 is 17.6 Å². The normalized spacial score (nSPS) is 12.4. The molecule has 0 spiro atoms. The Morgan fingerprint density at radius 2 is 1.94 bits per heavy atom. The number of aromatic nitrogens is 3. The van der Waals surface area contributed by atoms with Gasteiger partial charge in [0.25, 0.3) is 0 Å². The van der Waals surface area contributed by atoms with E-state index in [2.05, 4.69) is 15.5 Å². The van der Waals surface area contributed by atoms with Crippen molar-refractivity contribution in [2.75, 3.05) is 11.1 Å². The highest BCUT2D eigenvalue weighted by atomic mass is 32.2. The summed E-state index contributed by atoms with van der Waals surface area (Å²) in [7, 11) is 0. The number of carbonyl (C=O) groups is 1. The van der Waals surface area contributed by atoms with Crippen LogP contribution in [0.15, 0.2) is 53.7 Å². The molecule has 0 fully saturated rings. The minimum Gasteiger partial charge on any atom is -0.483 e. The third-order valence-electron chi connectivity index (χ3n) is 4.53. The quantitative estimate of drug-likeness (QED) is 0.446. The summed E-state index contributed by atoms with van der Waals surface area (Å²) in [5, 5.41) is 11.4. The standard InChI is InChI=1S/C22H23F3N4O2S/c1-4-29-20(15(3)31-18-10-5-7-14(2)11-18)27-28-21(29)32-13-19(30)26-17-9-6-8-16(12-17)22(23,24)25/h5-12,15H,4,13H2,1-3H3,(H,26,30). The molecule has 10 heteroatoms. The zero-order valence-electron chi connectivity index (χ0n) is 17.8. The van der Waals surface area contributed by atoms with Crippen molar-refractivity contribution >= 4 is 23.4 Å². The molecule has 1 N–H and O–H groups in total. The van der Waals surface area contributed by atoms with E-state index in [0.717, 1.165) is 35.2 Å². The van der Waals surface area contributed by atoms with Crippen LogP contribution in [-0.2, 0) is 17.5 Å². The van der Waals surface area contributed by atoms with Gasteiger partial charge in [0, 0.05) is 12.2 Å². The molecule has 32 heavy (non-hydrogen) atoms. The molecule has 1 aromatic heterocycles. The molecule has 0 saturated carbocycles. The van der Waals surface area contributed by atoms with E-state index >= 15 is 0 Å². The molecule has 0 radical (unpaired) electrons. The Kier molecular flexibility index (Phi) is 7.44. The number of halogens is 3. The van der Waals surface area contributed by atoms with Crippen LogP contribution in [0.4, 0.5) is 18.9 Å². The van der Waals surface area contributed by atoms with Crippen LogP contribution < -0.4 is 10.1 Å². The van der Waals surface area contributed by atoms with Gasteiger partial charge in [-0.05, 0) is 56.7 Å². The Hall–Kier alpha value is -3.01. The van der Waals surface area contributed by atoms with Gasteiger partial charge >= 0.3 is 6.18 Å². The second-order valence-corrected chi connectivity index (χ2v) is 8.02. The highest BCUT2D eigenvalue weighted by molar-refractivity contribution is 7.99. The molecule has 0 aliphatic rings. The third-order valence-corrected chi connectivity index (χ3v) is 5.50. The summed E-state index contributed by atoms with van der Waals surface area (Å²) in [6.07, 6.45) is -4.83. The van der Waals surface area contributed by atoms with Gasteiger partial charge in [-0.15, -0.1) is 10.2 Å². The Balaban J connectivity index is 1.63. The van der Waals surface area contributed by atoms with Crippen molar-refractivity contribution in [1.82, 2.24) is 14.8 Å². The summed E-state index contributed by atoms with van der Waals surface area (Å²) >= 11 is 1.16. The fraction of sp³-hybridized carbons (Fsp3) is 0.318. The lowest BCUT2D eigenvalue weighted by Crippen LogP contribution is -2.16. The number of rotatable bonds is 8.